The Morgan fingerprint density at radius 1 is 1.20 bits per heavy atom. The number of benzene rings is 1. The molecule has 3 aromatic rings. The molecule has 0 spiro atoms. The minimum absolute atomic E-state index is 0.428. The van der Waals surface area contributed by atoms with Crippen molar-refractivity contribution >= 4 is 15.9 Å². The molecule has 4 nitrogen and oxygen atoms in total. The third kappa shape index (κ3) is 2.84. The van der Waals surface area contributed by atoms with Crippen molar-refractivity contribution in [3.63, 3.8) is 0 Å². The van der Waals surface area contributed by atoms with Crippen molar-refractivity contribution in [2.24, 2.45) is 0 Å². The molecule has 0 radical (unpaired) electrons. The molecule has 0 aliphatic rings. The van der Waals surface area contributed by atoms with Gasteiger partial charge in [-0.1, -0.05) is 28.1 Å². The molecular formula is C15H14BrN3O. The predicted octanol–water partition coefficient (Wildman–Crippen LogP) is 3.17. The van der Waals surface area contributed by atoms with E-state index in [1.807, 2.05) is 59.6 Å². The maximum absolute atomic E-state index is 10.2. The summed E-state index contributed by atoms with van der Waals surface area (Å²) in [5.74, 6) is 0. The van der Waals surface area contributed by atoms with Crippen molar-refractivity contribution in [2.75, 3.05) is 0 Å². The van der Waals surface area contributed by atoms with Crippen LogP contribution in [-0.2, 0) is 6.54 Å². The van der Waals surface area contributed by atoms with Gasteiger partial charge in [0, 0.05) is 23.1 Å². The lowest BCUT2D eigenvalue weighted by Gasteiger charge is -2.11. The lowest BCUT2D eigenvalue weighted by atomic mass is 10.1. The number of hydrogen-bond acceptors (Lipinski definition) is 2. The number of hydrogen-bond donors (Lipinski definition) is 1. The molecule has 102 valence electrons. The summed E-state index contributed by atoms with van der Waals surface area (Å²) in [6, 6.07) is 11.6. The first-order valence-electron chi connectivity index (χ1n) is 6.32. The van der Waals surface area contributed by atoms with Crippen LogP contribution in [0, 0.1) is 0 Å². The van der Waals surface area contributed by atoms with Gasteiger partial charge in [0.1, 0.15) is 0 Å². The number of rotatable bonds is 4. The Balaban J connectivity index is 1.75. The predicted molar refractivity (Wildman–Crippen MR) is 80.7 cm³/mol. The van der Waals surface area contributed by atoms with Gasteiger partial charge >= 0.3 is 0 Å². The van der Waals surface area contributed by atoms with Crippen molar-refractivity contribution in [3.05, 3.63) is 71.2 Å². The van der Waals surface area contributed by atoms with Gasteiger partial charge in [-0.05, 0) is 29.8 Å². The van der Waals surface area contributed by atoms with Gasteiger partial charge in [-0.25, -0.2) is 0 Å². The molecule has 2 aromatic heterocycles. The molecular weight excluding hydrogens is 318 g/mol. The molecule has 20 heavy (non-hydrogen) atoms. The van der Waals surface area contributed by atoms with E-state index in [1.54, 1.807) is 10.9 Å². The highest BCUT2D eigenvalue weighted by Gasteiger charge is 2.10. The highest BCUT2D eigenvalue weighted by Crippen LogP contribution is 2.19. The summed E-state index contributed by atoms with van der Waals surface area (Å²) in [6.07, 6.45) is 7.05. The van der Waals surface area contributed by atoms with Gasteiger partial charge in [-0.2, -0.15) is 5.10 Å². The fourth-order valence-electron chi connectivity index (χ4n) is 2.09. The van der Waals surface area contributed by atoms with Gasteiger partial charge in [-0.15, -0.1) is 0 Å². The van der Waals surface area contributed by atoms with E-state index < -0.39 is 6.10 Å². The maximum atomic E-state index is 10.2. The van der Waals surface area contributed by atoms with Crippen LogP contribution in [0.5, 0.6) is 0 Å². The van der Waals surface area contributed by atoms with Crippen LogP contribution in [0.4, 0.5) is 0 Å². The molecule has 0 saturated carbocycles. The molecule has 3 rings (SSSR count). The zero-order chi connectivity index (χ0) is 13.9. The van der Waals surface area contributed by atoms with E-state index in [4.69, 9.17) is 0 Å². The Kier molecular flexibility index (Phi) is 3.71. The largest absolute Gasteiger partial charge is 0.386 e. The highest BCUT2D eigenvalue weighted by molar-refractivity contribution is 9.10. The Morgan fingerprint density at radius 3 is 2.75 bits per heavy atom. The van der Waals surface area contributed by atoms with Crippen molar-refractivity contribution < 1.29 is 5.11 Å². The van der Waals surface area contributed by atoms with Crippen molar-refractivity contribution in [2.45, 2.75) is 12.6 Å². The number of halogens is 1. The minimum Gasteiger partial charge on any atom is -0.386 e. The Bertz CT molecular complexity index is 691. The van der Waals surface area contributed by atoms with Crippen LogP contribution in [0.2, 0.25) is 0 Å². The van der Waals surface area contributed by atoms with Gasteiger partial charge in [0.25, 0.3) is 0 Å². The third-order valence-electron chi connectivity index (χ3n) is 3.12. The van der Waals surface area contributed by atoms with Crippen LogP contribution < -0.4 is 0 Å². The normalized spacial score (nSPS) is 12.5. The fraction of sp³-hybridized carbons (Fsp3) is 0.133. The second kappa shape index (κ2) is 5.64. The van der Waals surface area contributed by atoms with Crippen molar-refractivity contribution in [1.82, 2.24) is 14.3 Å². The second-order valence-corrected chi connectivity index (χ2v) is 5.50. The zero-order valence-corrected chi connectivity index (χ0v) is 12.3. The summed E-state index contributed by atoms with van der Waals surface area (Å²) in [7, 11) is 0. The molecule has 0 saturated heterocycles. The smallest absolute Gasteiger partial charge is 0.0986 e. The molecule has 1 N–H and O–H groups in total. The van der Waals surface area contributed by atoms with E-state index in [1.165, 1.54) is 0 Å². The van der Waals surface area contributed by atoms with Gasteiger partial charge in [-0.3, -0.25) is 4.68 Å². The molecule has 0 amide bonds. The maximum Gasteiger partial charge on any atom is 0.0986 e. The Labute approximate surface area is 125 Å². The van der Waals surface area contributed by atoms with Crippen LogP contribution in [0.15, 0.2) is 65.7 Å². The Morgan fingerprint density at radius 2 is 2.00 bits per heavy atom. The quantitative estimate of drug-likeness (QED) is 0.797. The molecule has 0 bridgehead atoms. The van der Waals surface area contributed by atoms with Crippen molar-refractivity contribution in [3.8, 4) is 5.69 Å². The van der Waals surface area contributed by atoms with Crippen LogP contribution in [0.1, 0.15) is 11.7 Å². The second-order valence-electron chi connectivity index (χ2n) is 4.58. The average molecular weight is 332 g/mol. The number of aliphatic hydroxyl groups excluding tert-OH is 1. The molecule has 2 heterocycles. The van der Waals surface area contributed by atoms with Crippen LogP contribution >= 0.6 is 15.9 Å². The molecule has 0 aliphatic carbocycles. The van der Waals surface area contributed by atoms with E-state index in [0.717, 1.165) is 15.7 Å². The number of aromatic nitrogens is 3. The minimum atomic E-state index is -0.579. The van der Waals surface area contributed by atoms with Gasteiger partial charge in [0.2, 0.25) is 0 Å². The van der Waals surface area contributed by atoms with Crippen molar-refractivity contribution in [1.29, 1.82) is 0 Å². The first-order valence-corrected chi connectivity index (χ1v) is 7.11. The van der Waals surface area contributed by atoms with Gasteiger partial charge in [0.05, 0.1) is 24.5 Å². The van der Waals surface area contributed by atoms with E-state index >= 15 is 0 Å². The number of aliphatic hydroxyl groups is 1. The lowest BCUT2D eigenvalue weighted by Crippen LogP contribution is -2.09. The summed E-state index contributed by atoms with van der Waals surface area (Å²) in [5, 5.41) is 14.5. The SMILES string of the molecule is OC(Cn1cc(-n2cccc2)cn1)c1cccc(Br)c1. The van der Waals surface area contributed by atoms with Gasteiger partial charge in [0.15, 0.2) is 0 Å². The summed E-state index contributed by atoms with van der Waals surface area (Å²) >= 11 is 3.41. The average Bonchev–Trinajstić information content (AvgIpc) is 3.08. The summed E-state index contributed by atoms with van der Waals surface area (Å²) in [5.41, 5.74) is 1.86. The topological polar surface area (TPSA) is 43.0 Å². The van der Waals surface area contributed by atoms with E-state index in [2.05, 4.69) is 21.0 Å². The zero-order valence-electron chi connectivity index (χ0n) is 10.7. The van der Waals surface area contributed by atoms with Crippen LogP contribution in [0.25, 0.3) is 5.69 Å². The summed E-state index contributed by atoms with van der Waals surface area (Å²) in [6.45, 7) is 0.428. The molecule has 1 atom stereocenters. The standard InChI is InChI=1S/C15H14BrN3O/c16-13-5-3-4-12(8-13)15(20)11-19-10-14(9-17-19)18-6-1-2-7-18/h1-10,15,20H,11H2. The van der Waals surface area contributed by atoms with Gasteiger partial charge < -0.3 is 9.67 Å². The van der Waals surface area contributed by atoms with Crippen LogP contribution in [0.3, 0.4) is 0 Å². The molecule has 5 heteroatoms. The molecule has 0 fully saturated rings. The first-order chi connectivity index (χ1) is 9.72. The summed E-state index contributed by atoms with van der Waals surface area (Å²) in [4.78, 5) is 0. The third-order valence-corrected chi connectivity index (χ3v) is 3.61. The van der Waals surface area contributed by atoms with E-state index in [9.17, 15) is 5.11 Å². The van der Waals surface area contributed by atoms with E-state index in [-0.39, 0.29) is 0 Å². The number of nitrogens with zero attached hydrogens (tertiary/aromatic N) is 3. The molecule has 1 aromatic carbocycles. The highest BCUT2D eigenvalue weighted by atomic mass is 79.9. The van der Waals surface area contributed by atoms with Crippen LogP contribution in [-0.4, -0.2) is 19.5 Å². The molecule has 0 aliphatic heterocycles. The fourth-order valence-corrected chi connectivity index (χ4v) is 2.51. The first kappa shape index (κ1) is 13.1. The summed E-state index contributed by atoms with van der Waals surface area (Å²) < 4.78 is 4.69. The van der Waals surface area contributed by atoms with E-state index in [0.29, 0.717) is 6.54 Å². The molecule has 1 unspecified atom stereocenters. The monoisotopic (exact) mass is 331 g/mol. The lowest BCUT2D eigenvalue weighted by molar-refractivity contribution is 0.151. The Hall–Kier alpha value is -1.85.